The molecule has 1 aromatic rings. The van der Waals surface area contributed by atoms with Crippen molar-refractivity contribution in [3.8, 4) is 11.5 Å². The summed E-state index contributed by atoms with van der Waals surface area (Å²) in [4.78, 5) is 2.29. The van der Waals surface area contributed by atoms with Crippen LogP contribution in [0.15, 0.2) is 18.2 Å². The van der Waals surface area contributed by atoms with Gasteiger partial charge in [0.05, 0.1) is 26.9 Å². The molecule has 0 aliphatic carbocycles. The van der Waals surface area contributed by atoms with E-state index in [4.69, 9.17) is 19.9 Å². The summed E-state index contributed by atoms with van der Waals surface area (Å²) in [5.74, 6) is 1.60. The number of ether oxygens (including phenoxy) is 3. The minimum atomic E-state index is 0.113. The van der Waals surface area contributed by atoms with Crippen molar-refractivity contribution in [3.05, 3.63) is 23.8 Å². The predicted molar refractivity (Wildman–Crippen MR) is 78.3 cm³/mol. The summed E-state index contributed by atoms with van der Waals surface area (Å²) >= 11 is 0. The van der Waals surface area contributed by atoms with Crippen LogP contribution in [-0.2, 0) is 4.74 Å². The van der Waals surface area contributed by atoms with Gasteiger partial charge in [-0.15, -0.1) is 0 Å². The smallest absolute Gasteiger partial charge is 0.127 e. The maximum atomic E-state index is 6.00. The number of nitrogens with two attached hydrogens (primary N) is 1. The van der Waals surface area contributed by atoms with Crippen LogP contribution in [0.4, 0.5) is 0 Å². The first-order valence-electron chi connectivity index (χ1n) is 6.93. The lowest BCUT2D eigenvalue weighted by Gasteiger charge is -2.32. The molecule has 0 aromatic heterocycles. The number of rotatable bonds is 6. The molecule has 20 heavy (non-hydrogen) atoms. The quantitative estimate of drug-likeness (QED) is 0.854. The lowest BCUT2D eigenvalue weighted by atomic mass is 10.0. The molecule has 2 N–H and O–H groups in total. The average Bonchev–Trinajstić information content (AvgIpc) is 3.02. The average molecular weight is 280 g/mol. The third kappa shape index (κ3) is 3.06. The van der Waals surface area contributed by atoms with E-state index in [9.17, 15) is 0 Å². The maximum Gasteiger partial charge on any atom is 0.127 e. The van der Waals surface area contributed by atoms with E-state index in [1.807, 2.05) is 18.2 Å². The monoisotopic (exact) mass is 280 g/mol. The van der Waals surface area contributed by atoms with Gasteiger partial charge in [-0.2, -0.15) is 0 Å². The van der Waals surface area contributed by atoms with Gasteiger partial charge < -0.3 is 19.9 Å². The molecule has 1 aromatic carbocycles. The van der Waals surface area contributed by atoms with Gasteiger partial charge in [-0.1, -0.05) is 6.07 Å². The van der Waals surface area contributed by atoms with E-state index in [1.165, 1.54) is 0 Å². The molecule has 0 spiro atoms. The Morgan fingerprint density at radius 1 is 1.40 bits per heavy atom. The van der Waals surface area contributed by atoms with Gasteiger partial charge in [0.15, 0.2) is 0 Å². The number of likely N-dealkylation sites (N-methyl/N-ethyl adjacent to an activating group) is 1. The normalized spacial score (nSPS) is 20.1. The van der Waals surface area contributed by atoms with Crippen molar-refractivity contribution < 1.29 is 14.2 Å². The standard InChI is InChI=1S/C15H24N2O3/c1-17(11-6-7-20-10-11)14(9-16)13-5-4-12(18-2)8-15(13)19-3/h4-5,8,11,14H,6-7,9-10,16H2,1-3H3. The summed E-state index contributed by atoms with van der Waals surface area (Å²) in [7, 11) is 5.42. The van der Waals surface area contributed by atoms with Crippen LogP contribution in [0, 0.1) is 0 Å². The molecule has 0 radical (unpaired) electrons. The minimum Gasteiger partial charge on any atom is -0.497 e. The molecule has 112 valence electrons. The van der Waals surface area contributed by atoms with Crippen molar-refractivity contribution in [2.75, 3.05) is 41.0 Å². The van der Waals surface area contributed by atoms with Crippen LogP contribution in [0.5, 0.6) is 11.5 Å². The summed E-state index contributed by atoms with van der Waals surface area (Å²) in [6, 6.07) is 6.40. The van der Waals surface area contributed by atoms with Crippen molar-refractivity contribution in [2.45, 2.75) is 18.5 Å². The van der Waals surface area contributed by atoms with Crippen LogP contribution in [0.2, 0.25) is 0 Å². The lowest BCUT2D eigenvalue weighted by molar-refractivity contribution is 0.133. The predicted octanol–water partition coefficient (Wildman–Crippen LogP) is 1.42. The fraction of sp³-hybridized carbons (Fsp3) is 0.600. The number of hydrogen-bond donors (Lipinski definition) is 1. The van der Waals surface area contributed by atoms with Crippen LogP contribution in [0.25, 0.3) is 0 Å². The summed E-state index contributed by atoms with van der Waals surface area (Å²) < 4.78 is 16.2. The highest BCUT2D eigenvalue weighted by Crippen LogP contribution is 2.33. The number of benzene rings is 1. The van der Waals surface area contributed by atoms with E-state index >= 15 is 0 Å². The molecule has 1 aliphatic heterocycles. The van der Waals surface area contributed by atoms with Crippen LogP contribution in [0.1, 0.15) is 18.0 Å². The van der Waals surface area contributed by atoms with E-state index in [0.717, 1.165) is 36.7 Å². The van der Waals surface area contributed by atoms with E-state index in [-0.39, 0.29) is 6.04 Å². The largest absolute Gasteiger partial charge is 0.497 e. The zero-order chi connectivity index (χ0) is 14.5. The molecule has 1 heterocycles. The molecule has 1 aliphatic rings. The topological polar surface area (TPSA) is 57.0 Å². The van der Waals surface area contributed by atoms with Crippen molar-refractivity contribution in [2.24, 2.45) is 5.73 Å². The minimum absolute atomic E-state index is 0.113. The summed E-state index contributed by atoms with van der Waals surface area (Å²) in [6.07, 6.45) is 1.05. The van der Waals surface area contributed by atoms with Gasteiger partial charge in [-0.25, -0.2) is 0 Å². The summed E-state index contributed by atoms with van der Waals surface area (Å²) in [6.45, 7) is 2.13. The Bertz CT molecular complexity index is 433. The second-order valence-electron chi connectivity index (χ2n) is 5.04. The van der Waals surface area contributed by atoms with Gasteiger partial charge in [-0.3, -0.25) is 4.90 Å². The van der Waals surface area contributed by atoms with Gasteiger partial charge in [0.25, 0.3) is 0 Å². The fourth-order valence-electron chi connectivity index (χ4n) is 2.70. The third-order valence-corrected chi connectivity index (χ3v) is 4.00. The Morgan fingerprint density at radius 2 is 2.20 bits per heavy atom. The van der Waals surface area contributed by atoms with Gasteiger partial charge in [0, 0.05) is 30.8 Å². The Balaban J connectivity index is 2.25. The van der Waals surface area contributed by atoms with E-state index in [2.05, 4.69) is 11.9 Å². The van der Waals surface area contributed by atoms with E-state index < -0.39 is 0 Å². The molecule has 2 rings (SSSR count). The zero-order valence-corrected chi connectivity index (χ0v) is 12.5. The van der Waals surface area contributed by atoms with Crippen LogP contribution >= 0.6 is 0 Å². The molecule has 5 heteroatoms. The van der Waals surface area contributed by atoms with Gasteiger partial charge in [0.1, 0.15) is 11.5 Å². The summed E-state index contributed by atoms with van der Waals surface area (Å²) in [5.41, 5.74) is 7.09. The van der Waals surface area contributed by atoms with E-state index in [0.29, 0.717) is 12.6 Å². The van der Waals surface area contributed by atoms with Crippen molar-refractivity contribution in [3.63, 3.8) is 0 Å². The molecule has 1 fully saturated rings. The van der Waals surface area contributed by atoms with Crippen LogP contribution in [-0.4, -0.2) is 52.0 Å². The number of hydrogen-bond acceptors (Lipinski definition) is 5. The molecule has 2 unspecified atom stereocenters. The molecule has 0 amide bonds. The number of methoxy groups -OCH3 is 2. The van der Waals surface area contributed by atoms with Gasteiger partial charge >= 0.3 is 0 Å². The maximum absolute atomic E-state index is 6.00. The Morgan fingerprint density at radius 3 is 2.75 bits per heavy atom. The van der Waals surface area contributed by atoms with Gasteiger partial charge in [0.2, 0.25) is 0 Å². The first kappa shape index (κ1) is 15.1. The Hall–Kier alpha value is -1.30. The summed E-state index contributed by atoms with van der Waals surface area (Å²) in [5, 5.41) is 0. The fourth-order valence-corrected chi connectivity index (χ4v) is 2.70. The highest BCUT2D eigenvalue weighted by molar-refractivity contribution is 5.42. The Kier molecular flexibility index (Phi) is 5.23. The van der Waals surface area contributed by atoms with Crippen LogP contribution in [0.3, 0.4) is 0 Å². The lowest BCUT2D eigenvalue weighted by Crippen LogP contribution is -2.39. The first-order valence-corrected chi connectivity index (χ1v) is 6.93. The van der Waals surface area contributed by atoms with Crippen molar-refractivity contribution in [1.29, 1.82) is 0 Å². The number of nitrogens with zero attached hydrogens (tertiary/aromatic N) is 1. The first-order chi connectivity index (χ1) is 9.71. The molecular formula is C15H24N2O3. The Labute approximate surface area is 120 Å². The second-order valence-corrected chi connectivity index (χ2v) is 5.04. The molecule has 5 nitrogen and oxygen atoms in total. The highest BCUT2D eigenvalue weighted by Gasteiger charge is 2.28. The molecule has 2 atom stereocenters. The second kappa shape index (κ2) is 6.92. The highest BCUT2D eigenvalue weighted by atomic mass is 16.5. The van der Waals surface area contributed by atoms with Gasteiger partial charge in [-0.05, 0) is 19.5 Å². The molecule has 0 bridgehead atoms. The molecule has 1 saturated heterocycles. The molecular weight excluding hydrogens is 256 g/mol. The van der Waals surface area contributed by atoms with E-state index in [1.54, 1.807) is 14.2 Å². The molecule has 0 saturated carbocycles. The van der Waals surface area contributed by atoms with Crippen molar-refractivity contribution >= 4 is 0 Å². The SMILES string of the molecule is COc1ccc(C(CN)N(C)C2CCOC2)c(OC)c1. The third-order valence-electron chi connectivity index (χ3n) is 4.00. The zero-order valence-electron chi connectivity index (χ0n) is 12.5. The van der Waals surface area contributed by atoms with Crippen molar-refractivity contribution in [1.82, 2.24) is 4.90 Å². The van der Waals surface area contributed by atoms with Crippen LogP contribution < -0.4 is 15.2 Å².